The molecule has 0 radical (unpaired) electrons. The van der Waals surface area contributed by atoms with Gasteiger partial charge in [0.15, 0.2) is 23.7 Å². The first-order valence-corrected chi connectivity index (χ1v) is 9.81. The Bertz CT molecular complexity index is 1030. The van der Waals surface area contributed by atoms with Gasteiger partial charge in [0.1, 0.15) is 5.01 Å². The molecule has 1 N–H and O–H groups in total. The van der Waals surface area contributed by atoms with Gasteiger partial charge in [-0.2, -0.15) is 4.37 Å². The molecule has 5 nitrogen and oxygen atoms in total. The van der Waals surface area contributed by atoms with Crippen LogP contribution in [0.5, 0.6) is 5.75 Å². The molecule has 3 aromatic rings. The number of nitrogens with zero attached hydrogens (tertiary/aromatic N) is 3. The lowest BCUT2D eigenvalue weighted by Gasteiger charge is -2.21. The highest BCUT2D eigenvalue weighted by molar-refractivity contribution is 7.09. The molecule has 1 aliphatic rings. The van der Waals surface area contributed by atoms with Crippen molar-refractivity contribution in [2.45, 2.75) is 20.3 Å². The number of phenolic OH excluding ortho intramolecular Hbond substituents is 1. The van der Waals surface area contributed by atoms with Crippen LogP contribution in [0.2, 0.25) is 0 Å². The quantitative estimate of drug-likeness (QED) is 0.643. The highest BCUT2D eigenvalue weighted by Crippen LogP contribution is 2.34. The number of hydrogen-bond acceptors (Lipinski definition) is 6. The Hall–Kier alpha value is -2.80. The number of rotatable bonds is 4. The standard InChI is InChI=1S/C21H20FN3O2S/c1-21(2)7-8-25(12-21)16-5-3-13(4-6-16)19-23-20(28-24-19)14-9-15(11-26)18(27)17(22)10-14/h3-6,9-11,27H,7-8,12H2,1-2H3. The van der Waals surface area contributed by atoms with E-state index in [0.717, 1.165) is 36.3 Å². The van der Waals surface area contributed by atoms with Gasteiger partial charge in [0, 0.05) is 29.9 Å². The van der Waals surface area contributed by atoms with Gasteiger partial charge in [-0.15, -0.1) is 0 Å². The van der Waals surface area contributed by atoms with Gasteiger partial charge in [-0.05, 0) is 59.8 Å². The summed E-state index contributed by atoms with van der Waals surface area (Å²) in [6.45, 7) is 6.66. The summed E-state index contributed by atoms with van der Waals surface area (Å²) in [5.74, 6) is -0.951. The molecule has 0 aliphatic carbocycles. The van der Waals surface area contributed by atoms with Gasteiger partial charge in [0.25, 0.3) is 0 Å². The molecule has 4 rings (SSSR count). The molecule has 1 aliphatic heterocycles. The first kappa shape index (κ1) is 18.6. The highest BCUT2D eigenvalue weighted by atomic mass is 32.1. The summed E-state index contributed by atoms with van der Waals surface area (Å²) >= 11 is 1.12. The fourth-order valence-corrected chi connectivity index (χ4v) is 4.12. The normalized spacial score (nSPS) is 15.8. The average Bonchev–Trinajstić information content (AvgIpc) is 3.31. The van der Waals surface area contributed by atoms with Crippen LogP contribution >= 0.6 is 11.5 Å². The molecule has 2 heterocycles. The summed E-state index contributed by atoms with van der Waals surface area (Å²) in [5, 5.41) is 10.0. The Morgan fingerprint density at radius 3 is 2.61 bits per heavy atom. The molecular formula is C21H20FN3O2S. The van der Waals surface area contributed by atoms with E-state index in [1.807, 2.05) is 12.1 Å². The van der Waals surface area contributed by atoms with E-state index in [-0.39, 0.29) is 5.56 Å². The number of hydrogen-bond donors (Lipinski definition) is 1. The predicted molar refractivity (Wildman–Crippen MR) is 108 cm³/mol. The molecule has 7 heteroatoms. The number of carbonyl (C=O) groups excluding carboxylic acids is 1. The molecule has 28 heavy (non-hydrogen) atoms. The molecule has 144 valence electrons. The fourth-order valence-electron chi connectivity index (χ4n) is 3.45. The Kier molecular flexibility index (Phi) is 4.63. The third-order valence-electron chi connectivity index (χ3n) is 5.06. The van der Waals surface area contributed by atoms with Crippen molar-refractivity contribution in [3.63, 3.8) is 0 Å². The zero-order valence-corrected chi connectivity index (χ0v) is 16.5. The van der Waals surface area contributed by atoms with Crippen molar-refractivity contribution in [1.29, 1.82) is 0 Å². The van der Waals surface area contributed by atoms with E-state index in [1.165, 1.54) is 18.2 Å². The van der Waals surface area contributed by atoms with Gasteiger partial charge in [0.05, 0.1) is 5.56 Å². The van der Waals surface area contributed by atoms with Crippen LogP contribution in [0.4, 0.5) is 10.1 Å². The molecule has 1 saturated heterocycles. The van der Waals surface area contributed by atoms with Crippen LogP contribution in [-0.4, -0.2) is 33.8 Å². The van der Waals surface area contributed by atoms with Crippen molar-refractivity contribution in [3.8, 4) is 27.7 Å². The SMILES string of the molecule is CC1(C)CCN(c2ccc(-c3nsc(-c4cc(F)c(O)c(C=O)c4)n3)cc2)C1. The lowest BCUT2D eigenvalue weighted by molar-refractivity contribution is 0.112. The number of aldehydes is 1. The van der Waals surface area contributed by atoms with Gasteiger partial charge >= 0.3 is 0 Å². The second-order valence-corrected chi connectivity index (χ2v) is 8.57. The zero-order chi connectivity index (χ0) is 19.9. The average molecular weight is 397 g/mol. The maximum atomic E-state index is 13.8. The second-order valence-electron chi connectivity index (χ2n) is 7.82. The molecular weight excluding hydrogens is 377 g/mol. The van der Waals surface area contributed by atoms with Crippen LogP contribution in [0.25, 0.3) is 22.0 Å². The zero-order valence-electron chi connectivity index (χ0n) is 15.6. The Labute approximate surface area is 166 Å². The van der Waals surface area contributed by atoms with Crippen molar-refractivity contribution >= 4 is 23.5 Å². The number of benzene rings is 2. The van der Waals surface area contributed by atoms with E-state index < -0.39 is 11.6 Å². The smallest absolute Gasteiger partial charge is 0.173 e. The molecule has 0 amide bonds. The van der Waals surface area contributed by atoms with Crippen molar-refractivity contribution < 1.29 is 14.3 Å². The second kappa shape index (κ2) is 6.98. The van der Waals surface area contributed by atoms with E-state index >= 15 is 0 Å². The summed E-state index contributed by atoms with van der Waals surface area (Å²) in [7, 11) is 0. The Morgan fingerprint density at radius 1 is 1.21 bits per heavy atom. The lowest BCUT2D eigenvalue weighted by Crippen LogP contribution is -2.22. The van der Waals surface area contributed by atoms with Gasteiger partial charge < -0.3 is 10.0 Å². The highest BCUT2D eigenvalue weighted by Gasteiger charge is 2.29. The Morgan fingerprint density at radius 2 is 1.96 bits per heavy atom. The summed E-state index contributed by atoms with van der Waals surface area (Å²) in [6.07, 6.45) is 1.60. The summed E-state index contributed by atoms with van der Waals surface area (Å²) in [4.78, 5) is 17.9. The van der Waals surface area contributed by atoms with Gasteiger partial charge in [-0.1, -0.05) is 13.8 Å². The van der Waals surface area contributed by atoms with Gasteiger partial charge in [-0.3, -0.25) is 4.79 Å². The Balaban J connectivity index is 1.58. The van der Waals surface area contributed by atoms with Crippen LogP contribution in [-0.2, 0) is 0 Å². The van der Waals surface area contributed by atoms with E-state index in [0.29, 0.717) is 28.1 Å². The fraction of sp³-hybridized carbons (Fsp3) is 0.286. The molecule has 0 spiro atoms. The van der Waals surface area contributed by atoms with Crippen molar-refractivity contribution in [2.75, 3.05) is 18.0 Å². The molecule has 0 bridgehead atoms. The first-order chi connectivity index (χ1) is 13.4. The maximum absolute atomic E-state index is 13.8. The third-order valence-corrected chi connectivity index (χ3v) is 5.83. The van der Waals surface area contributed by atoms with Crippen LogP contribution < -0.4 is 4.90 Å². The number of aromatic nitrogens is 2. The summed E-state index contributed by atoms with van der Waals surface area (Å²) in [5.41, 5.74) is 2.70. The third kappa shape index (κ3) is 3.49. The molecule has 2 aromatic carbocycles. The minimum absolute atomic E-state index is 0.107. The van der Waals surface area contributed by atoms with E-state index in [2.05, 4.69) is 40.2 Å². The first-order valence-electron chi connectivity index (χ1n) is 9.03. The van der Waals surface area contributed by atoms with E-state index in [4.69, 9.17) is 0 Å². The summed E-state index contributed by atoms with van der Waals surface area (Å²) in [6, 6.07) is 10.7. The maximum Gasteiger partial charge on any atom is 0.173 e. The number of anilines is 1. The minimum atomic E-state index is -0.853. The number of phenols is 1. The molecule has 1 fully saturated rings. The number of aromatic hydroxyl groups is 1. The van der Waals surface area contributed by atoms with E-state index in [9.17, 15) is 14.3 Å². The molecule has 0 unspecified atom stereocenters. The number of halogens is 1. The van der Waals surface area contributed by atoms with Crippen LogP contribution in [0.15, 0.2) is 36.4 Å². The molecule has 0 atom stereocenters. The van der Waals surface area contributed by atoms with Gasteiger partial charge in [0.2, 0.25) is 0 Å². The van der Waals surface area contributed by atoms with Crippen LogP contribution in [0, 0.1) is 11.2 Å². The van der Waals surface area contributed by atoms with Crippen molar-refractivity contribution in [2.24, 2.45) is 5.41 Å². The summed E-state index contributed by atoms with van der Waals surface area (Å²) < 4.78 is 18.2. The van der Waals surface area contributed by atoms with E-state index in [1.54, 1.807) is 0 Å². The lowest BCUT2D eigenvalue weighted by atomic mass is 9.93. The molecule has 1 aromatic heterocycles. The topological polar surface area (TPSA) is 66.3 Å². The predicted octanol–water partition coefficient (Wildman–Crippen LogP) is 4.77. The van der Waals surface area contributed by atoms with Crippen LogP contribution in [0.1, 0.15) is 30.6 Å². The molecule has 0 saturated carbocycles. The van der Waals surface area contributed by atoms with Gasteiger partial charge in [-0.25, -0.2) is 9.37 Å². The largest absolute Gasteiger partial charge is 0.504 e. The monoisotopic (exact) mass is 397 g/mol. The number of carbonyl (C=O) groups is 1. The minimum Gasteiger partial charge on any atom is -0.504 e. The van der Waals surface area contributed by atoms with Crippen LogP contribution in [0.3, 0.4) is 0 Å². The van der Waals surface area contributed by atoms with Crippen molar-refractivity contribution in [3.05, 3.63) is 47.8 Å². The van der Waals surface area contributed by atoms with Crippen molar-refractivity contribution in [1.82, 2.24) is 9.36 Å².